The average Bonchev–Trinajstić information content (AvgIpc) is 2.96. The monoisotopic (exact) mass is 644 g/mol. The quantitative estimate of drug-likeness (QED) is 0.0639. The van der Waals surface area contributed by atoms with Gasteiger partial charge in [-0.1, -0.05) is 87.4 Å². The lowest BCUT2D eigenvalue weighted by molar-refractivity contribution is -0.406. The molecule has 0 aromatic heterocycles. The molecule has 0 radical (unpaired) electrons. The molecule has 0 fully saturated rings. The van der Waals surface area contributed by atoms with Gasteiger partial charge in [-0.25, -0.2) is 0 Å². The summed E-state index contributed by atoms with van der Waals surface area (Å²) in [5, 5.41) is 13.4. The number of quaternary nitrogens is 3. The number of hydrogen-bond acceptors (Lipinski definition) is 5. The van der Waals surface area contributed by atoms with Crippen molar-refractivity contribution in [2.45, 2.75) is 116 Å². The molecule has 0 rings (SSSR count). The Balaban J connectivity index is -0.000000662. The number of aliphatic carboxylic acids is 1. The molecule has 44 heavy (non-hydrogen) atoms. The Morgan fingerprint density at radius 3 is 1.55 bits per heavy atom. The van der Waals surface area contributed by atoms with Crippen LogP contribution in [-0.2, 0) is 19.7 Å². The first-order valence-corrected chi connectivity index (χ1v) is 17.9. The number of carbonyl (C=O) groups excluding carboxylic acids is 2. The highest BCUT2D eigenvalue weighted by Crippen LogP contribution is 2.02. The van der Waals surface area contributed by atoms with Gasteiger partial charge in [-0.3, -0.25) is 9.35 Å². The second kappa shape index (κ2) is 34.9. The first-order valence-electron chi connectivity index (χ1n) is 16.0. The number of carboxylic acid groups (broad SMARTS) is 1. The van der Waals surface area contributed by atoms with E-state index in [1.165, 1.54) is 19.3 Å². The van der Waals surface area contributed by atoms with Crippen LogP contribution in [0.3, 0.4) is 0 Å². The van der Waals surface area contributed by atoms with Gasteiger partial charge < -0.3 is 32.4 Å². The Morgan fingerprint density at radius 2 is 1.16 bits per heavy atom. The van der Waals surface area contributed by atoms with Gasteiger partial charge in [0.25, 0.3) is 16.0 Å². The number of allylic oxidation sites excluding steroid dienone is 10. The van der Waals surface area contributed by atoms with E-state index in [2.05, 4.69) is 97.1 Å². The minimum atomic E-state index is -3.67. The SMILES string of the molecule is CC/C=C\C/C=C\C/C=C\C/C=C\C/C=C\CCCC.CS(=O)(=O)O.[NH3+]CCCCC([NH3+])C(=O)N[C@@H](CCCC[NH3+])C(=O)[O-]. The molecule has 1 amide bonds. The van der Waals surface area contributed by atoms with Gasteiger partial charge in [0.15, 0.2) is 6.04 Å². The highest BCUT2D eigenvalue weighted by atomic mass is 32.2. The Kier molecular flexibility index (Phi) is 36.4. The van der Waals surface area contributed by atoms with Gasteiger partial charge in [-0.2, -0.15) is 8.42 Å². The molecule has 0 heterocycles. The van der Waals surface area contributed by atoms with E-state index in [9.17, 15) is 23.1 Å². The first-order chi connectivity index (χ1) is 20.9. The van der Waals surface area contributed by atoms with Crippen LogP contribution in [-0.4, -0.2) is 56.3 Å². The van der Waals surface area contributed by atoms with Crippen LogP contribution < -0.4 is 27.6 Å². The van der Waals surface area contributed by atoms with Crippen molar-refractivity contribution in [3.63, 3.8) is 0 Å². The predicted molar refractivity (Wildman–Crippen MR) is 178 cm³/mol. The summed E-state index contributed by atoms with van der Waals surface area (Å²) in [5.41, 5.74) is 11.2. The lowest BCUT2D eigenvalue weighted by Gasteiger charge is -2.20. The zero-order valence-corrected chi connectivity index (χ0v) is 28.6. The molecule has 11 heteroatoms. The van der Waals surface area contributed by atoms with E-state index in [0.717, 1.165) is 64.5 Å². The number of hydrogen-bond donors (Lipinski definition) is 5. The van der Waals surface area contributed by atoms with Crippen LogP contribution >= 0.6 is 0 Å². The molecule has 0 aromatic carbocycles. The van der Waals surface area contributed by atoms with Gasteiger partial charge in [0.1, 0.15) is 0 Å². The van der Waals surface area contributed by atoms with Gasteiger partial charge in [0.05, 0.1) is 31.4 Å². The molecule has 0 saturated carbocycles. The second-order valence-corrected chi connectivity index (χ2v) is 11.8. The fourth-order valence-electron chi connectivity index (χ4n) is 3.45. The van der Waals surface area contributed by atoms with Gasteiger partial charge in [-0.05, 0) is 70.6 Å². The third kappa shape index (κ3) is 43.9. The van der Waals surface area contributed by atoms with Crippen molar-refractivity contribution in [2.75, 3.05) is 19.3 Å². The van der Waals surface area contributed by atoms with Crippen molar-refractivity contribution in [2.24, 2.45) is 0 Å². The maximum Gasteiger partial charge on any atom is 0.278 e. The van der Waals surface area contributed by atoms with Crippen molar-refractivity contribution >= 4 is 22.0 Å². The molecule has 0 spiro atoms. The Labute approximate surface area is 267 Å². The summed E-state index contributed by atoms with van der Waals surface area (Å²) in [5.74, 6) is -1.55. The summed E-state index contributed by atoms with van der Waals surface area (Å²) in [4.78, 5) is 22.7. The largest absolute Gasteiger partial charge is 0.548 e. The standard InChI is InChI=1S/C20H32.C12H26N4O3.CH4O3S/c1-3-5-7-9-11-13-15-17-19-20-18-16-14-12-10-8-6-4-2;13-7-3-1-5-9(15)11(17)16-10(12(18)19)6-2-4-8-14;1-5(2,3)4/h5,7,10-13,16-19H,3-4,6,8-9,14-15,20H2,1-2H3;9-10H,1-8,13-15H2,(H,16,17)(H,18,19);1H3,(H,2,3,4)/p+2/b7-5-,12-10-,13-11-,18-16-,19-17-;;/t;9?,10-;/m.0./s1. The van der Waals surface area contributed by atoms with Crippen molar-refractivity contribution < 1.29 is 44.9 Å². The van der Waals surface area contributed by atoms with Gasteiger partial charge in [-0.15, -0.1) is 0 Å². The third-order valence-corrected chi connectivity index (χ3v) is 5.90. The minimum absolute atomic E-state index is 0.312. The molecule has 256 valence electrons. The van der Waals surface area contributed by atoms with Crippen molar-refractivity contribution in [1.82, 2.24) is 5.32 Å². The summed E-state index contributed by atoms with van der Waals surface area (Å²) in [6, 6.07) is -1.34. The topological polar surface area (TPSA) is 207 Å². The molecule has 11 N–H and O–H groups in total. The van der Waals surface area contributed by atoms with Crippen LogP contribution in [0.5, 0.6) is 0 Å². The fraction of sp³-hybridized carbons (Fsp3) is 0.636. The van der Waals surface area contributed by atoms with E-state index in [4.69, 9.17) is 4.55 Å². The maximum atomic E-state index is 11.8. The van der Waals surface area contributed by atoms with E-state index < -0.39 is 28.2 Å². The molecule has 10 nitrogen and oxygen atoms in total. The summed E-state index contributed by atoms with van der Waals surface area (Å²) in [7, 11) is -3.67. The number of carboxylic acids is 1. The smallest absolute Gasteiger partial charge is 0.278 e. The maximum absolute atomic E-state index is 11.8. The van der Waals surface area contributed by atoms with Gasteiger partial charge in [0, 0.05) is 6.42 Å². The Morgan fingerprint density at radius 1 is 0.750 bits per heavy atom. The molecule has 2 atom stereocenters. The average molecular weight is 645 g/mol. The number of amides is 1. The van der Waals surface area contributed by atoms with Gasteiger partial charge in [0.2, 0.25) is 0 Å². The van der Waals surface area contributed by atoms with Crippen LogP contribution in [0.1, 0.15) is 104 Å². The number of carbonyl (C=O) groups is 2. The van der Waals surface area contributed by atoms with Crippen LogP contribution in [0.15, 0.2) is 60.8 Å². The van der Waals surface area contributed by atoms with E-state index in [1.54, 1.807) is 0 Å². The van der Waals surface area contributed by atoms with Gasteiger partial charge >= 0.3 is 0 Å². The van der Waals surface area contributed by atoms with Crippen LogP contribution in [0.4, 0.5) is 0 Å². The summed E-state index contributed by atoms with van der Waals surface area (Å²) >= 11 is 0. The zero-order chi connectivity index (χ0) is 33.9. The number of rotatable bonds is 23. The van der Waals surface area contributed by atoms with E-state index in [1.807, 2.05) is 0 Å². The van der Waals surface area contributed by atoms with E-state index >= 15 is 0 Å². The molecule has 0 aliphatic rings. The highest BCUT2D eigenvalue weighted by molar-refractivity contribution is 7.85. The van der Waals surface area contributed by atoms with Crippen molar-refractivity contribution in [1.29, 1.82) is 0 Å². The van der Waals surface area contributed by atoms with Crippen molar-refractivity contribution in [3.05, 3.63) is 60.8 Å². The lowest BCUT2D eigenvalue weighted by Crippen LogP contribution is -2.69. The summed E-state index contributed by atoms with van der Waals surface area (Å²) < 4.78 is 25.9. The number of unbranched alkanes of at least 4 members (excludes halogenated alkanes) is 4. The molecule has 0 saturated heterocycles. The molecule has 0 aliphatic carbocycles. The molecule has 0 aliphatic heterocycles. The molecular formula is C33H64N4O6S+2. The number of nitrogens with one attached hydrogen (secondary N) is 1. The Hall–Kier alpha value is -2.57. The lowest BCUT2D eigenvalue weighted by atomic mass is 10.1. The summed E-state index contributed by atoms with van der Waals surface area (Å²) in [6.45, 7) is 5.99. The Bertz CT molecular complexity index is 923. The van der Waals surface area contributed by atoms with Crippen LogP contribution in [0, 0.1) is 0 Å². The van der Waals surface area contributed by atoms with Crippen LogP contribution in [0.25, 0.3) is 0 Å². The molecule has 1 unspecified atom stereocenters. The van der Waals surface area contributed by atoms with E-state index in [-0.39, 0.29) is 5.91 Å². The molecule has 0 aromatic rings. The predicted octanol–water partition coefficient (Wildman–Crippen LogP) is 2.09. The normalized spacial score (nSPS) is 13.2. The first kappa shape index (κ1) is 45.9. The fourth-order valence-corrected chi connectivity index (χ4v) is 3.45. The highest BCUT2D eigenvalue weighted by Gasteiger charge is 2.21. The summed E-state index contributed by atoms with van der Waals surface area (Å²) in [6.07, 6.45) is 36.7. The zero-order valence-electron chi connectivity index (χ0n) is 27.8. The molecular weight excluding hydrogens is 580 g/mol. The van der Waals surface area contributed by atoms with E-state index in [0.29, 0.717) is 25.5 Å². The second-order valence-electron chi connectivity index (χ2n) is 10.4. The van der Waals surface area contributed by atoms with Crippen molar-refractivity contribution in [3.8, 4) is 0 Å². The third-order valence-electron chi connectivity index (χ3n) is 5.90. The van der Waals surface area contributed by atoms with Crippen LogP contribution in [0.2, 0.25) is 0 Å². The minimum Gasteiger partial charge on any atom is -0.548 e. The molecule has 0 bridgehead atoms.